The van der Waals surface area contributed by atoms with Crippen LogP contribution in [0.4, 0.5) is 0 Å². The molecule has 1 N–H and O–H groups in total. The number of nitrogens with one attached hydrogen (secondary N) is 1. The van der Waals surface area contributed by atoms with Crippen molar-refractivity contribution < 1.29 is 4.79 Å². The molecule has 76 valence electrons. The molecule has 1 fully saturated rings. The Morgan fingerprint density at radius 2 is 2.13 bits per heavy atom. The van der Waals surface area contributed by atoms with E-state index in [4.69, 9.17) is 0 Å². The number of benzene rings is 1. The van der Waals surface area contributed by atoms with Crippen molar-refractivity contribution in [3.05, 3.63) is 35.2 Å². The van der Waals surface area contributed by atoms with Gasteiger partial charge >= 0.3 is 0 Å². The second-order valence-electron chi connectivity index (χ2n) is 3.86. The number of hydrogen-bond donors (Lipinski definition) is 1. The quantitative estimate of drug-likeness (QED) is 0.782. The van der Waals surface area contributed by atoms with Crippen LogP contribution in [0, 0.1) is 5.92 Å². The third-order valence-corrected chi connectivity index (χ3v) is 3.86. The summed E-state index contributed by atoms with van der Waals surface area (Å²) in [5.74, 6) is 0.495. The number of hydrogen-bond acceptors (Lipinski definition) is 3. The van der Waals surface area contributed by atoms with Crippen molar-refractivity contribution in [2.75, 3.05) is 13.1 Å². The van der Waals surface area contributed by atoms with Gasteiger partial charge in [0.2, 0.25) is 0 Å². The zero-order chi connectivity index (χ0) is 10.3. The van der Waals surface area contributed by atoms with E-state index in [-0.39, 0.29) is 5.92 Å². The van der Waals surface area contributed by atoms with Crippen LogP contribution in [-0.4, -0.2) is 18.9 Å². The normalized spacial score (nSPS) is 16.5. The van der Waals surface area contributed by atoms with Crippen LogP contribution < -0.4 is 5.32 Å². The van der Waals surface area contributed by atoms with E-state index in [0.29, 0.717) is 5.78 Å². The number of thiophene rings is 1. The van der Waals surface area contributed by atoms with Crippen molar-refractivity contribution in [3.8, 4) is 0 Å². The maximum atomic E-state index is 12.1. The summed E-state index contributed by atoms with van der Waals surface area (Å²) in [6.07, 6.45) is 0. The standard InChI is InChI=1S/C12H11NOS/c14-12(8-5-13-6-8)10-7-15-11-4-2-1-3-9(10)11/h1-4,7-8,13H,5-6H2. The summed E-state index contributed by atoms with van der Waals surface area (Å²) in [6, 6.07) is 8.10. The predicted molar refractivity (Wildman–Crippen MR) is 62.5 cm³/mol. The van der Waals surface area contributed by atoms with Gasteiger partial charge in [0.15, 0.2) is 5.78 Å². The molecule has 0 aliphatic carbocycles. The Balaban J connectivity index is 2.06. The Kier molecular flexibility index (Phi) is 2.08. The first-order chi connectivity index (χ1) is 7.36. The minimum absolute atomic E-state index is 0.197. The van der Waals surface area contributed by atoms with Gasteiger partial charge in [0.25, 0.3) is 0 Å². The van der Waals surface area contributed by atoms with Gasteiger partial charge in [0.05, 0.1) is 0 Å². The molecule has 0 radical (unpaired) electrons. The summed E-state index contributed by atoms with van der Waals surface area (Å²) < 4.78 is 1.20. The van der Waals surface area contributed by atoms with Gasteiger partial charge in [-0.25, -0.2) is 0 Å². The van der Waals surface area contributed by atoms with Crippen molar-refractivity contribution in [3.63, 3.8) is 0 Å². The molecule has 0 saturated carbocycles. The first kappa shape index (κ1) is 9.07. The molecular weight excluding hydrogens is 206 g/mol. The van der Waals surface area contributed by atoms with Crippen LogP contribution in [-0.2, 0) is 0 Å². The molecule has 3 heteroatoms. The van der Waals surface area contributed by atoms with E-state index in [9.17, 15) is 4.79 Å². The summed E-state index contributed by atoms with van der Waals surface area (Å²) >= 11 is 1.65. The molecule has 0 bridgehead atoms. The molecule has 2 aromatic rings. The van der Waals surface area contributed by atoms with Gasteiger partial charge in [0.1, 0.15) is 0 Å². The molecule has 0 atom stereocenters. The zero-order valence-corrected chi connectivity index (χ0v) is 9.01. The molecule has 1 saturated heterocycles. The molecule has 0 unspecified atom stereocenters. The van der Waals surface area contributed by atoms with Crippen molar-refractivity contribution in [2.45, 2.75) is 0 Å². The molecule has 1 aromatic heterocycles. The number of carbonyl (C=O) groups is 1. The molecule has 0 spiro atoms. The van der Waals surface area contributed by atoms with Crippen LogP contribution in [0.5, 0.6) is 0 Å². The smallest absolute Gasteiger partial charge is 0.169 e. The number of fused-ring (bicyclic) bond motifs is 1. The van der Waals surface area contributed by atoms with Crippen molar-refractivity contribution in [1.82, 2.24) is 5.32 Å². The average molecular weight is 217 g/mol. The highest BCUT2D eigenvalue weighted by molar-refractivity contribution is 7.17. The molecule has 2 heterocycles. The van der Waals surface area contributed by atoms with E-state index in [1.165, 1.54) is 4.70 Å². The summed E-state index contributed by atoms with van der Waals surface area (Å²) in [6.45, 7) is 1.67. The first-order valence-corrected chi connectivity index (χ1v) is 5.95. The Morgan fingerprint density at radius 3 is 2.87 bits per heavy atom. The van der Waals surface area contributed by atoms with E-state index in [2.05, 4.69) is 11.4 Å². The lowest BCUT2D eigenvalue weighted by atomic mass is 9.93. The van der Waals surface area contributed by atoms with Crippen LogP contribution in [0.15, 0.2) is 29.6 Å². The fourth-order valence-corrected chi connectivity index (χ4v) is 2.81. The van der Waals surface area contributed by atoms with E-state index in [1.807, 2.05) is 23.6 Å². The van der Waals surface area contributed by atoms with E-state index in [0.717, 1.165) is 24.0 Å². The summed E-state index contributed by atoms with van der Waals surface area (Å²) in [7, 11) is 0. The fraction of sp³-hybridized carbons (Fsp3) is 0.250. The van der Waals surface area contributed by atoms with Crippen LogP contribution in [0.2, 0.25) is 0 Å². The lowest BCUT2D eigenvalue weighted by Crippen LogP contribution is -2.46. The lowest BCUT2D eigenvalue weighted by molar-refractivity contribution is 0.0880. The molecule has 1 aromatic carbocycles. The van der Waals surface area contributed by atoms with Crippen molar-refractivity contribution in [1.29, 1.82) is 0 Å². The van der Waals surface area contributed by atoms with Gasteiger partial charge in [-0.2, -0.15) is 0 Å². The van der Waals surface area contributed by atoms with Crippen LogP contribution in [0.25, 0.3) is 10.1 Å². The SMILES string of the molecule is O=C(c1csc2ccccc12)C1CNC1. The van der Waals surface area contributed by atoms with Gasteiger partial charge in [0, 0.05) is 40.0 Å². The zero-order valence-electron chi connectivity index (χ0n) is 8.19. The predicted octanol–water partition coefficient (Wildman–Crippen LogP) is 2.30. The number of ketones is 1. The summed E-state index contributed by atoms with van der Waals surface area (Å²) in [4.78, 5) is 12.1. The molecule has 2 nitrogen and oxygen atoms in total. The minimum Gasteiger partial charge on any atom is -0.315 e. The summed E-state index contributed by atoms with van der Waals surface area (Å²) in [5, 5.41) is 6.24. The number of carbonyl (C=O) groups excluding carboxylic acids is 1. The Morgan fingerprint density at radius 1 is 1.33 bits per heavy atom. The number of rotatable bonds is 2. The largest absolute Gasteiger partial charge is 0.315 e. The topological polar surface area (TPSA) is 29.1 Å². The van der Waals surface area contributed by atoms with Crippen LogP contribution >= 0.6 is 11.3 Å². The van der Waals surface area contributed by atoms with E-state index < -0.39 is 0 Å². The van der Waals surface area contributed by atoms with E-state index >= 15 is 0 Å². The third-order valence-electron chi connectivity index (χ3n) is 2.90. The molecular formula is C12H11NOS. The molecule has 3 rings (SSSR count). The maximum absolute atomic E-state index is 12.1. The lowest BCUT2D eigenvalue weighted by Gasteiger charge is -2.25. The van der Waals surface area contributed by atoms with Gasteiger partial charge in [-0.3, -0.25) is 4.79 Å². The first-order valence-electron chi connectivity index (χ1n) is 5.07. The second-order valence-corrected chi connectivity index (χ2v) is 4.78. The molecule has 15 heavy (non-hydrogen) atoms. The maximum Gasteiger partial charge on any atom is 0.169 e. The minimum atomic E-state index is 0.197. The highest BCUT2D eigenvalue weighted by atomic mass is 32.1. The Hall–Kier alpha value is -1.19. The van der Waals surface area contributed by atoms with Crippen LogP contribution in [0.1, 0.15) is 10.4 Å². The molecule has 1 aliphatic rings. The van der Waals surface area contributed by atoms with Crippen molar-refractivity contribution in [2.24, 2.45) is 5.92 Å². The van der Waals surface area contributed by atoms with Gasteiger partial charge < -0.3 is 5.32 Å². The molecule has 0 amide bonds. The van der Waals surface area contributed by atoms with Crippen LogP contribution in [0.3, 0.4) is 0 Å². The Labute approximate surface area is 91.9 Å². The van der Waals surface area contributed by atoms with Gasteiger partial charge in [-0.05, 0) is 6.07 Å². The van der Waals surface area contributed by atoms with Gasteiger partial charge in [-0.1, -0.05) is 18.2 Å². The highest BCUT2D eigenvalue weighted by Gasteiger charge is 2.27. The Bertz CT molecular complexity index is 513. The fourth-order valence-electron chi connectivity index (χ4n) is 1.86. The van der Waals surface area contributed by atoms with Crippen molar-refractivity contribution >= 4 is 27.2 Å². The third kappa shape index (κ3) is 1.39. The number of Topliss-reactive ketones (excluding diaryl/α,β-unsaturated/α-hetero) is 1. The molecule has 1 aliphatic heterocycles. The van der Waals surface area contributed by atoms with E-state index in [1.54, 1.807) is 11.3 Å². The second kappa shape index (κ2) is 3.43. The average Bonchev–Trinajstić information content (AvgIpc) is 2.58. The monoisotopic (exact) mass is 217 g/mol. The highest BCUT2D eigenvalue weighted by Crippen LogP contribution is 2.28. The van der Waals surface area contributed by atoms with Gasteiger partial charge in [-0.15, -0.1) is 11.3 Å². The summed E-state index contributed by atoms with van der Waals surface area (Å²) in [5.41, 5.74) is 0.905.